The number of fused-ring (bicyclic) bond motifs is 1. The number of nitrogens with two attached hydrogens (primary N) is 1. The van der Waals surface area contributed by atoms with Crippen LogP contribution in [0.2, 0.25) is 0 Å². The van der Waals surface area contributed by atoms with Crippen LogP contribution in [0.15, 0.2) is 42.7 Å². The van der Waals surface area contributed by atoms with Gasteiger partial charge in [-0.05, 0) is 17.9 Å². The van der Waals surface area contributed by atoms with Crippen molar-refractivity contribution in [3.63, 3.8) is 0 Å². The molecular formula is C17H24N4. The highest BCUT2D eigenvalue weighted by Gasteiger charge is 2.24. The van der Waals surface area contributed by atoms with E-state index in [4.69, 9.17) is 5.73 Å². The zero-order chi connectivity index (χ0) is 14.7. The maximum atomic E-state index is 6.06. The minimum atomic E-state index is 0.422. The van der Waals surface area contributed by atoms with Crippen LogP contribution in [-0.2, 0) is 13.1 Å². The second kappa shape index (κ2) is 6.41. The lowest BCUT2D eigenvalue weighted by Gasteiger charge is -2.35. The van der Waals surface area contributed by atoms with Gasteiger partial charge in [-0.3, -0.25) is 4.90 Å². The van der Waals surface area contributed by atoms with E-state index in [0.29, 0.717) is 18.5 Å². The summed E-state index contributed by atoms with van der Waals surface area (Å²) in [6.07, 6.45) is 5.06. The minimum absolute atomic E-state index is 0.422. The second-order valence-electron chi connectivity index (χ2n) is 5.94. The third-order valence-corrected chi connectivity index (χ3v) is 4.56. The summed E-state index contributed by atoms with van der Waals surface area (Å²) < 4.78 is 2.24. The van der Waals surface area contributed by atoms with Crippen molar-refractivity contribution in [2.75, 3.05) is 13.1 Å². The number of hydrogen-bond donors (Lipinski definition) is 1. The number of imidazole rings is 1. The van der Waals surface area contributed by atoms with Gasteiger partial charge in [0.25, 0.3) is 0 Å². The van der Waals surface area contributed by atoms with Crippen molar-refractivity contribution in [2.45, 2.75) is 38.4 Å². The Balaban J connectivity index is 1.66. The van der Waals surface area contributed by atoms with Crippen molar-refractivity contribution in [2.24, 2.45) is 5.73 Å². The van der Waals surface area contributed by atoms with Crippen LogP contribution in [0.5, 0.6) is 0 Å². The highest BCUT2D eigenvalue weighted by Crippen LogP contribution is 2.24. The molecule has 112 valence electrons. The quantitative estimate of drug-likeness (QED) is 0.916. The van der Waals surface area contributed by atoms with E-state index in [1.165, 1.54) is 5.56 Å². The molecule has 0 aliphatic carbocycles. The van der Waals surface area contributed by atoms with Crippen LogP contribution in [0.4, 0.5) is 0 Å². The maximum Gasteiger partial charge on any atom is 0.122 e. The summed E-state index contributed by atoms with van der Waals surface area (Å²) in [5.41, 5.74) is 7.45. The topological polar surface area (TPSA) is 47.1 Å². The van der Waals surface area contributed by atoms with Gasteiger partial charge in [0, 0.05) is 38.1 Å². The van der Waals surface area contributed by atoms with Crippen LogP contribution >= 0.6 is 0 Å². The van der Waals surface area contributed by atoms with Gasteiger partial charge in [0.1, 0.15) is 5.82 Å². The summed E-state index contributed by atoms with van der Waals surface area (Å²) in [4.78, 5) is 6.93. The van der Waals surface area contributed by atoms with E-state index in [1.807, 2.05) is 6.20 Å². The summed E-state index contributed by atoms with van der Waals surface area (Å²) in [7, 11) is 0. The van der Waals surface area contributed by atoms with Gasteiger partial charge in [0.15, 0.2) is 0 Å². The molecule has 3 rings (SSSR count). The molecule has 4 nitrogen and oxygen atoms in total. The molecule has 1 aromatic carbocycles. The van der Waals surface area contributed by atoms with Crippen molar-refractivity contribution in [1.82, 2.24) is 14.5 Å². The van der Waals surface area contributed by atoms with Crippen LogP contribution in [0.1, 0.15) is 30.7 Å². The number of nitrogens with zero attached hydrogens (tertiary/aromatic N) is 3. The van der Waals surface area contributed by atoms with Gasteiger partial charge in [-0.2, -0.15) is 0 Å². The van der Waals surface area contributed by atoms with Crippen molar-refractivity contribution in [1.29, 1.82) is 0 Å². The molecule has 2 unspecified atom stereocenters. The van der Waals surface area contributed by atoms with Crippen molar-refractivity contribution in [3.8, 4) is 0 Å². The summed E-state index contributed by atoms with van der Waals surface area (Å²) in [5, 5.41) is 0. The molecule has 0 fully saturated rings. The third-order valence-electron chi connectivity index (χ3n) is 4.56. The molecule has 0 saturated heterocycles. The SMILES string of the molecule is CC(CC(CN)N1CCn2ccnc2C1)c1ccccc1. The van der Waals surface area contributed by atoms with Gasteiger partial charge in [-0.15, -0.1) is 0 Å². The molecule has 2 aromatic rings. The van der Waals surface area contributed by atoms with Crippen LogP contribution in [-0.4, -0.2) is 33.6 Å². The first-order valence-corrected chi connectivity index (χ1v) is 7.77. The monoisotopic (exact) mass is 284 g/mol. The van der Waals surface area contributed by atoms with Gasteiger partial charge < -0.3 is 10.3 Å². The maximum absolute atomic E-state index is 6.06. The Morgan fingerprint density at radius 3 is 2.81 bits per heavy atom. The number of benzene rings is 1. The fourth-order valence-electron chi connectivity index (χ4n) is 3.22. The smallest absolute Gasteiger partial charge is 0.122 e. The lowest BCUT2D eigenvalue weighted by molar-refractivity contribution is 0.144. The van der Waals surface area contributed by atoms with Gasteiger partial charge in [-0.25, -0.2) is 4.98 Å². The summed E-state index contributed by atoms with van der Waals surface area (Å²) in [6, 6.07) is 11.1. The molecule has 4 heteroatoms. The fourth-order valence-corrected chi connectivity index (χ4v) is 3.22. The van der Waals surface area contributed by atoms with Gasteiger partial charge in [0.05, 0.1) is 6.54 Å². The van der Waals surface area contributed by atoms with Crippen LogP contribution in [0.25, 0.3) is 0 Å². The Hall–Kier alpha value is -1.65. The first-order chi connectivity index (χ1) is 10.3. The lowest BCUT2D eigenvalue weighted by Crippen LogP contribution is -2.45. The molecule has 1 aliphatic rings. The van der Waals surface area contributed by atoms with E-state index < -0.39 is 0 Å². The molecule has 2 atom stereocenters. The first kappa shape index (κ1) is 14.3. The van der Waals surface area contributed by atoms with Crippen LogP contribution < -0.4 is 5.73 Å². The number of hydrogen-bond acceptors (Lipinski definition) is 3. The normalized spacial score (nSPS) is 18.2. The molecule has 0 saturated carbocycles. The zero-order valence-corrected chi connectivity index (χ0v) is 12.7. The first-order valence-electron chi connectivity index (χ1n) is 7.77. The van der Waals surface area contributed by atoms with Gasteiger partial charge >= 0.3 is 0 Å². The van der Waals surface area contributed by atoms with E-state index in [-0.39, 0.29) is 0 Å². The number of aromatic nitrogens is 2. The fraction of sp³-hybridized carbons (Fsp3) is 0.471. The highest BCUT2D eigenvalue weighted by molar-refractivity contribution is 5.19. The molecule has 0 amide bonds. The number of rotatable bonds is 5. The molecule has 1 aromatic heterocycles. The largest absolute Gasteiger partial charge is 0.333 e. The average molecular weight is 284 g/mol. The summed E-state index contributed by atoms with van der Waals surface area (Å²) in [5.74, 6) is 1.69. The molecule has 0 bridgehead atoms. The summed E-state index contributed by atoms with van der Waals surface area (Å²) in [6.45, 7) is 6.00. The predicted molar refractivity (Wildman–Crippen MR) is 85.0 cm³/mol. The molecule has 2 N–H and O–H groups in total. The van der Waals surface area contributed by atoms with Crippen molar-refractivity contribution < 1.29 is 0 Å². The Labute approximate surface area is 126 Å². The Morgan fingerprint density at radius 2 is 2.05 bits per heavy atom. The Morgan fingerprint density at radius 1 is 1.24 bits per heavy atom. The third kappa shape index (κ3) is 3.17. The van der Waals surface area contributed by atoms with E-state index in [9.17, 15) is 0 Å². The van der Waals surface area contributed by atoms with E-state index in [1.54, 1.807) is 0 Å². The molecule has 2 heterocycles. The molecule has 1 aliphatic heterocycles. The standard InChI is InChI=1S/C17H24N4/c1-14(15-5-3-2-4-6-15)11-16(12-18)21-10-9-20-8-7-19-17(20)13-21/h2-8,14,16H,9-13,18H2,1H3. The highest BCUT2D eigenvalue weighted by atomic mass is 15.3. The lowest BCUT2D eigenvalue weighted by atomic mass is 9.93. The zero-order valence-electron chi connectivity index (χ0n) is 12.7. The Bertz CT molecular complexity index is 563. The van der Waals surface area contributed by atoms with Gasteiger partial charge in [-0.1, -0.05) is 37.3 Å². The predicted octanol–water partition coefficient (Wildman–Crippen LogP) is 2.22. The average Bonchev–Trinajstić information content (AvgIpc) is 3.00. The summed E-state index contributed by atoms with van der Waals surface area (Å²) >= 11 is 0. The Kier molecular flexibility index (Phi) is 4.36. The molecule has 21 heavy (non-hydrogen) atoms. The van der Waals surface area contributed by atoms with Crippen molar-refractivity contribution >= 4 is 0 Å². The molecule has 0 spiro atoms. The van der Waals surface area contributed by atoms with Crippen LogP contribution in [0, 0.1) is 0 Å². The molecule has 0 radical (unpaired) electrons. The van der Waals surface area contributed by atoms with E-state index in [2.05, 4.69) is 57.9 Å². The molecular weight excluding hydrogens is 260 g/mol. The van der Waals surface area contributed by atoms with E-state index >= 15 is 0 Å². The van der Waals surface area contributed by atoms with Crippen LogP contribution in [0.3, 0.4) is 0 Å². The van der Waals surface area contributed by atoms with Crippen molar-refractivity contribution in [3.05, 3.63) is 54.1 Å². The van der Waals surface area contributed by atoms with E-state index in [0.717, 1.165) is 31.9 Å². The minimum Gasteiger partial charge on any atom is -0.333 e. The second-order valence-corrected chi connectivity index (χ2v) is 5.94. The van der Waals surface area contributed by atoms with Gasteiger partial charge in [0.2, 0.25) is 0 Å².